The minimum atomic E-state index is -0.336. The lowest BCUT2D eigenvalue weighted by Gasteiger charge is -2.48. The predicted octanol–water partition coefficient (Wildman–Crippen LogP) is 0.737. The first-order valence-electron chi connectivity index (χ1n) is 6.41. The van der Waals surface area contributed by atoms with E-state index in [1.165, 1.54) is 0 Å². The highest BCUT2D eigenvalue weighted by molar-refractivity contribution is 5.87. The molecule has 5 heteroatoms. The Kier molecular flexibility index (Phi) is 3.66. The van der Waals surface area contributed by atoms with Gasteiger partial charge in [-0.05, 0) is 38.1 Å². The number of carbonyl (C=O) groups is 1. The Balaban J connectivity index is 2.38. The van der Waals surface area contributed by atoms with E-state index in [2.05, 4.69) is 24.1 Å². The van der Waals surface area contributed by atoms with Crippen LogP contribution in [0, 0.1) is 0 Å². The second-order valence-electron chi connectivity index (χ2n) is 5.35. The first kappa shape index (κ1) is 13.7. The molecule has 2 rings (SSSR count). The number of hydrogen-bond donors (Lipinski definition) is 2. The summed E-state index contributed by atoms with van der Waals surface area (Å²) in [5.41, 5.74) is 6.58. The summed E-state index contributed by atoms with van der Waals surface area (Å²) < 4.78 is 5.16. The van der Waals surface area contributed by atoms with E-state index in [4.69, 9.17) is 10.5 Å². The standard InChI is InChI=1S/C14H21N3O2/c1-14(2)9-16-13(18)12(8-15)17(14)10-4-6-11(19-3)7-5-10/h4-7,12H,8-9,15H2,1-3H3,(H,16,18). The fourth-order valence-corrected chi connectivity index (χ4v) is 2.53. The van der Waals surface area contributed by atoms with Crippen molar-refractivity contribution in [2.45, 2.75) is 25.4 Å². The Bertz CT molecular complexity index is 456. The van der Waals surface area contributed by atoms with Gasteiger partial charge in [-0.25, -0.2) is 0 Å². The van der Waals surface area contributed by atoms with Crippen LogP contribution in [-0.4, -0.2) is 37.7 Å². The summed E-state index contributed by atoms with van der Waals surface area (Å²) in [6.07, 6.45) is 0. The normalized spacial score (nSPS) is 22.0. The number of benzene rings is 1. The average Bonchev–Trinajstić information content (AvgIpc) is 2.41. The maximum atomic E-state index is 12.0. The summed E-state index contributed by atoms with van der Waals surface area (Å²) in [7, 11) is 1.63. The zero-order valence-electron chi connectivity index (χ0n) is 11.6. The van der Waals surface area contributed by atoms with Crippen molar-refractivity contribution in [2.75, 3.05) is 25.1 Å². The van der Waals surface area contributed by atoms with E-state index in [0.29, 0.717) is 13.1 Å². The molecule has 1 amide bonds. The molecule has 0 bridgehead atoms. The van der Waals surface area contributed by atoms with Crippen molar-refractivity contribution in [3.63, 3.8) is 0 Å². The van der Waals surface area contributed by atoms with Gasteiger partial charge in [0.1, 0.15) is 11.8 Å². The van der Waals surface area contributed by atoms with Crippen molar-refractivity contribution in [3.8, 4) is 5.75 Å². The summed E-state index contributed by atoms with van der Waals surface area (Å²) >= 11 is 0. The molecule has 0 spiro atoms. The third-order valence-electron chi connectivity index (χ3n) is 3.54. The van der Waals surface area contributed by atoms with E-state index in [9.17, 15) is 4.79 Å². The van der Waals surface area contributed by atoms with Crippen LogP contribution in [0.25, 0.3) is 0 Å². The van der Waals surface area contributed by atoms with E-state index in [1.807, 2.05) is 24.3 Å². The number of carbonyl (C=O) groups excluding carboxylic acids is 1. The van der Waals surface area contributed by atoms with Gasteiger partial charge in [0.05, 0.1) is 12.6 Å². The van der Waals surface area contributed by atoms with Crippen molar-refractivity contribution in [1.29, 1.82) is 0 Å². The molecular weight excluding hydrogens is 242 g/mol. The molecule has 0 aliphatic carbocycles. The van der Waals surface area contributed by atoms with Crippen LogP contribution in [0.5, 0.6) is 5.75 Å². The van der Waals surface area contributed by atoms with Gasteiger partial charge in [-0.3, -0.25) is 4.79 Å². The Morgan fingerprint density at radius 3 is 2.58 bits per heavy atom. The number of ether oxygens (including phenoxy) is 1. The van der Waals surface area contributed by atoms with Gasteiger partial charge in [0.25, 0.3) is 0 Å². The lowest BCUT2D eigenvalue weighted by Crippen LogP contribution is -2.67. The van der Waals surface area contributed by atoms with E-state index in [1.54, 1.807) is 7.11 Å². The predicted molar refractivity (Wildman–Crippen MR) is 75.4 cm³/mol. The third kappa shape index (κ3) is 2.51. The van der Waals surface area contributed by atoms with Crippen LogP contribution in [0.15, 0.2) is 24.3 Å². The zero-order chi connectivity index (χ0) is 14.0. The fraction of sp³-hybridized carbons (Fsp3) is 0.500. The van der Waals surface area contributed by atoms with Crippen molar-refractivity contribution < 1.29 is 9.53 Å². The quantitative estimate of drug-likeness (QED) is 0.844. The van der Waals surface area contributed by atoms with Gasteiger partial charge in [-0.15, -0.1) is 0 Å². The first-order valence-corrected chi connectivity index (χ1v) is 6.41. The molecule has 1 unspecified atom stereocenters. The zero-order valence-corrected chi connectivity index (χ0v) is 11.6. The molecule has 1 atom stereocenters. The summed E-state index contributed by atoms with van der Waals surface area (Å²) in [6, 6.07) is 7.37. The topological polar surface area (TPSA) is 67.6 Å². The van der Waals surface area contributed by atoms with Crippen LogP contribution in [0.2, 0.25) is 0 Å². The van der Waals surface area contributed by atoms with Crippen LogP contribution in [0.1, 0.15) is 13.8 Å². The molecule has 3 N–H and O–H groups in total. The summed E-state index contributed by atoms with van der Waals surface area (Å²) in [4.78, 5) is 14.1. The second kappa shape index (κ2) is 5.09. The van der Waals surface area contributed by atoms with Gasteiger partial charge in [0.15, 0.2) is 0 Å². The monoisotopic (exact) mass is 263 g/mol. The molecule has 0 saturated carbocycles. The van der Waals surface area contributed by atoms with Gasteiger partial charge in [0, 0.05) is 18.8 Å². The maximum absolute atomic E-state index is 12.0. The lowest BCUT2D eigenvalue weighted by molar-refractivity contribution is -0.124. The molecule has 0 radical (unpaired) electrons. The van der Waals surface area contributed by atoms with Crippen LogP contribution in [-0.2, 0) is 4.79 Å². The van der Waals surface area contributed by atoms with Gasteiger partial charge in [0.2, 0.25) is 5.91 Å². The molecule has 1 heterocycles. The van der Waals surface area contributed by atoms with Gasteiger partial charge < -0.3 is 20.7 Å². The smallest absolute Gasteiger partial charge is 0.244 e. The highest BCUT2D eigenvalue weighted by Gasteiger charge is 2.40. The number of nitrogens with zero attached hydrogens (tertiary/aromatic N) is 1. The van der Waals surface area contributed by atoms with E-state index >= 15 is 0 Å². The van der Waals surface area contributed by atoms with E-state index < -0.39 is 0 Å². The Hall–Kier alpha value is -1.75. The van der Waals surface area contributed by atoms with Crippen LogP contribution < -0.4 is 20.7 Å². The minimum absolute atomic E-state index is 0.0161. The molecular formula is C14H21N3O2. The van der Waals surface area contributed by atoms with Crippen LogP contribution in [0.3, 0.4) is 0 Å². The Morgan fingerprint density at radius 1 is 1.42 bits per heavy atom. The number of anilines is 1. The third-order valence-corrected chi connectivity index (χ3v) is 3.54. The average molecular weight is 263 g/mol. The lowest BCUT2D eigenvalue weighted by atomic mass is 9.94. The molecule has 1 aromatic rings. The number of amides is 1. The Labute approximate surface area is 113 Å². The van der Waals surface area contributed by atoms with Gasteiger partial charge in [-0.1, -0.05) is 0 Å². The van der Waals surface area contributed by atoms with Crippen LogP contribution in [0.4, 0.5) is 5.69 Å². The van der Waals surface area contributed by atoms with Crippen molar-refractivity contribution in [3.05, 3.63) is 24.3 Å². The van der Waals surface area contributed by atoms with E-state index in [0.717, 1.165) is 11.4 Å². The van der Waals surface area contributed by atoms with Gasteiger partial charge >= 0.3 is 0 Å². The highest BCUT2D eigenvalue weighted by Crippen LogP contribution is 2.30. The highest BCUT2D eigenvalue weighted by atomic mass is 16.5. The van der Waals surface area contributed by atoms with Crippen molar-refractivity contribution in [1.82, 2.24) is 5.32 Å². The molecule has 0 aromatic heterocycles. The van der Waals surface area contributed by atoms with Crippen molar-refractivity contribution in [2.24, 2.45) is 5.73 Å². The number of methoxy groups -OCH3 is 1. The molecule has 19 heavy (non-hydrogen) atoms. The molecule has 5 nitrogen and oxygen atoms in total. The molecule has 1 saturated heterocycles. The number of piperazine rings is 1. The number of rotatable bonds is 3. The fourth-order valence-electron chi connectivity index (χ4n) is 2.53. The Morgan fingerprint density at radius 2 is 2.05 bits per heavy atom. The summed E-state index contributed by atoms with van der Waals surface area (Å²) in [6.45, 7) is 5.09. The summed E-state index contributed by atoms with van der Waals surface area (Å²) in [5.74, 6) is 0.782. The van der Waals surface area contributed by atoms with Crippen molar-refractivity contribution >= 4 is 11.6 Å². The second-order valence-corrected chi connectivity index (χ2v) is 5.35. The number of nitrogens with one attached hydrogen (secondary N) is 1. The SMILES string of the molecule is COc1ccc(N2C(CN)C(=O)NCC2(C)C)cc1. The van der Waals surface area contributed by atoms with Crippen LogP contribution >= 0.6 is 0 Å². The molecule has 1 fully saturated rings. The molecule has 1 aliphatic heterocycles. The minimum Gasteiger partial charge on any atom is -0.497 e. The largest absolute Gasteiger partial charge is 0.497 e. The van der Waals surface area contributed by atoms with E-state index in [-0.39, 0.29) is 17.5 Å². The number of hydrogen-bond acceptors (Lipinski definition) is 4. The molecule has 1 aromatic carbocycles. The molecule has 1 aliphatic rings. The first-order chi connectivity index (χ1) is 8.99. The molecule has 104 valence electrons. The maximum Gasteiger partial charge on any atom is 0.244 e. The number of nitrogens with two attached hydrogens (primary N) is 1. The van der Waals surface area contributed by atoms with Gasteiger partial charge in [-0.2, -0.15) is 0 Å². The summed E-state index contributed by atoms with van der Waals surface area (Å²) in [5, 5.41) is 2.91.